The average molecular weight is 367 g/mol. The predicted molar refractivity (Wildman–Crippen MR) is 102 cm³/mol. The standard InChI is InChI=1S/C20H19ClN4O/c1-14-18(13-22-12-11-15-7-3-2-4-8-15)26-20-23-19(24-25(14)20)16-9-5-6-10-17(16)21/h2-10,22H,11-13H2,1H3. The first-order chi connectivity index (χ1) is 12.7. The fourth-order valence-corrected chi connectivity index (χ4v) is 3.10. The maximum Gasteiger partial charge on any atom is 0.325 e. The third kappa shape index (κ3) is 3.36. The Balaban J connectivity index is 1.45. The van der Waals surface area contributed by atoms with Gasteiger partial charge in [-0.2, -0.15) is 9.50 Å². The molecule has 132 valence electrons. The van der Waals surface area contributed by atoms with Crippen molar-refractivity contribution in [3.05, 3.63) is 76.6 Å². The molecule has 0 radical (unpaired) electrons. The van der Waals surface area contributed by atoms with E-state index in [4.69, 9.17) is 16.0 Å². The van der Waals surface area contributed by atoms with Crippen molar-refractivity contribution in [2.45, 2.75) is 19.9 Å². The second-order valence-corrected chi connectivity index (χ2v) is 6.54. The fourth-order valence-electron chi connectivity index (χ4n) is 2.88. The van der Waals surface area contributed by atoms with E-state index in [1.54, 1.807) is 4.52 Å². The van der Waals surface area contributed by atoms with Gasteiger partial charge in [-0.05, 0) is 37.6 Å². The van der Waals surface area contributed by atoms with Gasteiger partial charge in [0.2, 0.25) is 0 Å². The summed E-state index contributed by atoms with van der Waals surface area (Å²) in [5, 5.41) is 8.58. The molecule has 0 aliphatic heterocycles. The van der Waals surface area contributed by atoms with E-state index in [0.29, 0.717) is 23.2 Å². The lowest BCUT2D eigenvalue weighted by Crippen LogP contribution is -2.17. The first-order valence-corrected chi connectivity index (χ1v) is 8.95. The highest BCUT2D eigenvalue weighted by atomic mass is 35.5. The number of aryl methyl sites for hydroxylation is 1. The lowest BCUT2D eigenvalue weighted by Gasteiger charge is -2.03. The molecule has 5 nitrogen and oxygen atoms in total. The fraction of sp³-hybridized carbons (Fsp3) is 0.200. The molecule has 2 aromatic carbocycles. The molecular weight excluding hydrogens is 348 g/mol. The molecule has 2 aromatic heterocycles. The number of aromatic nitrogens is 3. The molecule has 4 rings (SSSR count). The maximum atomic E-state index is 6.23. The zero-order valence-electron chi connectivity index (χ0n) is 14.4. The molecule has 0 atom stereocenters. The van der Waals surface area contributed by atoms with E-state index in [-0.39, 0.29) is 0 Å². The van der Waals surface area contributed by atoms with Crippen LogP contribution in [-0.2, 0) is 13.0 Å². The molecule has 2 heterocycles. The molecule has 6 heteroatoms. The predicted octanol–water partition coefficient (Wildman–Crippen LogP) is 4.28. The highest BCUT2D eigenvalue weighted by molar-refractivity contribution is 6.33. The Labute approximate surface area is 156 Å². The number of nitrogens with zero attached hydrogens (tertiary/aromatic N) is 3. The number of benzene rings is 2. The average Bonchev–Trinajstić information content (AvgIpc) is 3.20. The smallest absolute Gasteiger partial charge is 0.325 e. The minimum atomic E-state index is 0.484. The zero-order valence-corrected chi connectivity index (χ0v) is 15.2. The summed E-state index contributed by atoms with van der Waals surface area (Å²) < 4.78 is 7.61. The van der Waals surface area contributed by atoms with Crippen LogP contribution in [0.4, 0.5) is 0 Å². The van der Waals surface area contributed by atoms with Gasteiger partial charge in [0, 0.05) is 5.56 Å². The molecule has 0 fully saturated rings. The first kappa shape index (κ1) is 16.8. The molecule has 4 aromatic rings. The number of hydrogen-bond acceptors (Lipinski definition) is 4. The first-order valence-electron chi connectivity index (χ1n) is 8.57. The third-order valence-electron chi connectivity index (χ3n) is 4.35. The highest BCUT2D eigenvalue weighted by Crippen LogP contribution is 2.26. The van der Waals surface area contributed by atoms with E-state index in [1.807, 2.05) is 37.3 Å². The summed E-state index contributed by atoms with van der Waals surface area (Å²) >= 11 is 6.23. The maximum absolute atomic E-state index is 6.23. The van der Waals surface area contributed by atoms with Crippen LogP contribution in [0.5, 0.6) is 0 Å². The number of halogens is 1. The van der Waals surface area contributed by atoms with E-state index >= 15 is 0 Å². The van der Waals surface area contributed by atoms with Crippen LogP contribution >= 0.6 is 11.6 Å². The van der Waals surface area contributed by atoms with Gasteiger partial charge < -0.3 is 9.73 Å². The van der Waals surface area contributed by atoms with E-state index in [2.05, 4.69) is 39.7 Å². The Kier molecular flexibility index (Phi) is 4.73. The lowest BCUT2D eigenvalue weighted by molar-refractivity contribution is 0.503. The van der Waals surface area contributed by atoms with Crippen molar-refractivity contribution in [2.75, 3.05) is 6.54 Å². The molecule has 26 heavy (non-hydrogen) atoms. The molecular formula is C20H19ClN4O. The van der Waals surface area contributed by atoms with Crippen LogP contribution in [0.2, 0.25) is 5.02 Å². The molecule has 0 spiro atoms. The van der Waals surface area contributed by atoms with Crippen LogP contribution in [0.25, 0.3) is 17.2 Å². The number of rotatable bonds is 6. The quantitative estimate of drug-likeness (QED) is 0.517. The second-order valence-electron chi connectivity index (χ2n) is 6.13. The topological polar surface area (TPSA) is 55.4 Å². The summed E-state index contributed by atoms with van der Waals surface area (Å²) in [6.45, 7) is 3.51. The van der Waals surface area contributed by atoms with Crippen LogP contribution in [0.15, 0.2) is 59.0 Å². The number of hydrogen-bond donors (Lipinski definition) is 1. The van der Waals surface area contributed by atoms with Crippen LogP contribution in [-0.4, -0.2) is 21.1 Å². The summed E-state index contributed by atoms with van der Waals surface area (Å²) in [6.07, 6.45) is 0.979. The van der Waals surface area contributed by atoms with Crippen molar-refractivity contribution in [1.82, 2.24) is 19.9 Å². The van der Waals surface area contributed by atoms with Crippen LogP contribution in [0.3, 0.4) is 0 Å². The zero-order chi connectivity index (χ0) is 17.9. The van der Waals surface area contributed by atoms with Gasteiger partial charge in [-0.25, -0.2) is 0 Å². The van der Waals surface area contributed by atoms with Gasteiger partial charge in [0.15, 0.2) is 5.82 Å². The number of oxazole rings is 1. The van der Waals surface area contributed by atoms with Crippen LogP contribution < -0.4 is 5.32 Å². The Morgan fingerprint density at radius 2 is 1.85 bits per heavy atom. The van der Waals surface area contributed by atoms with Gasteiger partial charge in [0.25, 0.3) is 0 Å². The second kappa shape index (κ2) is 7.32. The van der Waals surface area contributed by atoms with Crippen LogP contribution in [0.1, 0.15) is 17.0 Å². The van der Waals surface area contributed by atoms with Crippen molar-refractivity contribution in [3.63, 3.8) is 0 Å². The number of fused-ring (bicyclic) bond motifs is 1. The Morgan fingerprint density at radius 1 is 1.08 bits per heavy atom. The van der Waals surface area contributed by atoms with E-state index < -0.39 is 0 Å². The third-order valence-corrected chi connectivity index (χ3v) is 4.68. The van der Waals surface area contributed by atoms with E-state index in [0.717, 1.165) is 30.0 Å². The summed E-state index contributed by atoms with van der Waals surface area (Å²) in [5.74, 6) is 1.90. The molecule has 0 saturated heterocycles. The van der Waals surface area contributed by atoms with Gasteiger partial charge in [0.05, 0.1) is 17.3 Å². The van der Waals surface area contributed by atoms with Crippen molar-refractivity contribution >= 4 is 17.4 Å². The summed E-state index contributed by atoms with van der Waals surface area (Å²) in [5.41, 5.74) is 3.06. The van der Waals surface area contributed by atoms with Crippen molar-refractivity contribution < 1.29 is 4.42 Å². The summed E-state index contributed by atoms with van der Waals surface area (Å²) in [7, 11) is 0. The Morgan fingerprint density at radius 3 is 2.62 bits per heavy atom. The van der Waals surface area contributed by atoms with Gasteiger partial charge >= 0.3 is 5.84 Å². The van der Waals surface area contributed by atoms with Gasteiger partial charge in [-0.15, -0.1) is 5.10 Å². The summed E-state index contributed by atoms with van der Waals surface area (Å²) in [4.78, 5) is 4.47. The Bertz CT molecular complexity index is 1020. The SMILES string of the molecule is Cc1c(CNCCc2ccccc2)oc2nc(-c3ccccc3Cl)nn12. The Hall–Kier alpha value is -2.63. The van der Waals surface area contributed by atoms with Crippen molar-refractivity contribution in [3.8, 4) is 11.4 Å². The van der Waals surface area contributed by atoms with Gasteiger partial charge in [0.1, 0.15) is 5.76 Å². The normalized spacial score (nSPS) is 11.3. The minimum absolute atomic E-state index is 0.484. The lowest BCUT2D eigenvalue weighted by atomic mass is 10.1. The highest BCUT2D eigenvalue weighted by Gasteiger charge is 2.16. The van der Waals surface area contributed by atoms with Gasteiger partial charge in [-0.3, -0.25) is 0 Å². The molecule has 0 aliphatic rings. The molecule has 0 aliphatic carbocycles. The van der Waals surface area contributed by atoms with E-state index in [1.165, 1.54) is 5.56 Å². The van der Waals surface area contributed by atoms with Crippen LogP contribution in [0, 0.1) is 6.92 Å². The molecule has 0 unspecified atom stereocenters. The largest absolute Gasteiger partial charge is 0.425 e. The van der Waals surface area contributed by atoms with E-state index in [9.17, 15) is 0 Å². The van der Waals surface area contributed by atoms with Crippen molar-refractivity contribution in [1.29, 1.82) is 0 Å². The molecule has 0 saturated carbocycles. The number of nitrogens with one attached hydrogen (secondary N) is 1. The summed E-state index contributed by atoms with van der Waals surface area (Å²) in [6, 6.07) is 17.9. The van der Waals surface area contributed by atoms with Crippen molar-refractivity contribution in [2.24, 2.45) is 0 Å². The molecule has 1 N–H and O–H groups in total. The molecule has 0 bridgehead atoms. The molecule has 0 amide bonds. The minimum Gasteiger partial charge on any atom is -0.425 e. The monoisotopic (exact) mass is 366 g/mol. The van der Waals surface area contributed by atoms with Gasteiger partial charge in [-0.1, -0.05) is 54.1 Å².